The van der Waals surface area contributed by atoms with Crippen LogP contribution in [0.15, 0.2) is 36.4 Å². The van der Waals surface area contributed by atoms with Crippen LogP contribution in [0.4, 0.5) is 17.1 Å². The molecule has 0 aliphatic rings. The quantitative estimate of drug-likeness (QED) is 0.699. The molecule has 0 atom stereocenters. The van der Waals surface area contributed by atoms with E-state index in [9.17, 15) is 0 Å². The Morgan fingerprint density at radius 1 is 1.05 bits per heavy atom. The van der Waals surface area contributed by atoms with Crippen LogP contribution in [-0.4, -0.2) is 0 Å². The molecule has 0 amide bonds. The number of nitrogens with two attached hydrogens (primary N) is 1. The van der Waals surface area contributed by atoms with Gasteiger partial charge in [0.2, 0.25) is 0 Å². The van der Waals surface area contributed by atoms with Crippen molar-refractivity contribution >= 4 is 40.3 Å². The maximum absolute atomic E-state index is 6.01. The van der Waals surface area contributed by atoms with E-state index in [1.807, 2.05) is 12.1 Å². The molecule has 20 heavy (non-hydrogen) atoms. The van der Waals surface area contributed by atoms with E-state index in [2.05, 4.69) is 24.4 Å². The molecule has 0 aliphatic heterocycles. The van der Waals surface area contributed by atoms with Gasteiger partial charge in [-0.25, -0.2) is 0 Å². The van der Waals surface area contributed by atoms with Gasteiger partial charge in [0.25, 0.3) is 0 Å². The van der Waals surface area contributed by atoms with Crippen LogP contribution in [0, 0.1) is 0 Å². The number of halogens is 2. The van der Waals surface area contributed by atoms with Crippen LogP contribution in [0.1, 0.15) is 25.3 Å². The van der Waals surface area contributed by atoms with Crippen molar-refractivity contribution < 1.29 is 0 Å². The molecule has 2 nitrogen and oxygen atoms in total. The highest BCUT2D eigenvalue weighted by molar-refractivity contribution is 6.42. The minimum atomic E-state index is 0.463. The average Bonchev–Trinajstić information content (AvgIpc) is 2.44. The van der Waals surface area contributed by atoms with Crippen molar-refractivity contribution in [3.8, 4) is 0 Å². The van der Waals surface area contributed by atoms with Crippen molar-refractivity contribution in [2.75, 3.05) is 11.1 Å². The molecule has 0 unspecified atom stereocenters. The van der Waals surface area contributed by atoms with Gasteiger partial charge in [-0.3, -0.25) is 0 Å². The molecule has 0 fully saturated rings. The van der Waals surface area contributed by atoms with Crippen LogP contribution in [0.5, 0.6) is 0 Å². The van der Waals surface area contributed by atoms with Gasteiger partial charge < -0.3 is 11.1 Å². The summed E-state index contributed by atoms with van der Waals surface area (Å²) in [6.07, 6.45) is 3.54. The minimum Gasteiger partial charge on any atom is -0.397 e. The van der Waals surface area contributed by atoms with Crippen LogP contribution >= 0.6 is 23.2 Å². The summed E-state index contributed by atoms with van der Waals surface area (Å²) < 4.78 is 0. The van der Waals surface area contributed by atoms with Gasteiger partial charge >= 0.3 is 0 Å². The van der Waals surface area contributed by atoms with Crippen molar-refractivity contribution in [3.63, 3.8) is 0 Å². The summed E-state index contributed by atoms with van der Waals surface area (Å²) in [4.78, 5) is 0. The van der Waals surface area contributed by atoms with E-state index in [0.717, 1.165) is 17.8 Å². The van der Waals surface area contributed by atoms with E-state index in [1.165, 1.54) is 18.4 Å². The van der Waals surface area contributed by atoms with Gasteiger partial charge in [0.15, 0.2) is 0 Å². The van der Waals surface area contributed by atoms with E-state index >= 15 is 0 Å². The Morgan fingerprint density at radius 2 is 1.70 bits per heavy atom. The summed E-state index contributed by atoms with van der Waals surface area (Å²) in [5.41, 5.74) is 9.60. The lowest BCUT2D eigenvalue weighted by Gasteiger charge is -2.11. The summed E-state index contributed by atoms with van der Waals surface area (Å²) in [7, 11) is 0. The van der Waals surface area contributed by atoms with Gasteiger partial charge in [-0.1, -0.05) is 48.7 Å². The standard InChI is InChI=1S/C16H18Cl2N2/c1-2-3-4-11-5-7-12(8-6-11)20-16-10-14(18)13(17)9-15(16)19/h5-10,20H,2-4,19H2,1H3. The molecule has 2 aromatic carbocycles. The molecule has 0 aliphatic carbocycles. The molecular weight excluding hydrogens is 291 g/mol. The van der Waals surface area contributed by atoms with Crippen LogP contribution in [0.25, 0.3) is 0 Å². The molecule has 0 saturated carbocycles. The monoisotopic (exact) mass is 308 g/mol. The molecule has 106 valence electrons. The highest BCUT2D eigenvalue weighted by Crippen LogP contribution is 2.32. The smallest absolute Gasteiger partial charge is 0.0633 e. The second-order valence-corrected chi connectivity index (χ2v) is 5.59. The van der Waals surface area contributed by atoms with E-state index in [0.29, 0.717) is 15.7 Å². The highest BCUT2D eigenvalue weighted by atomic mass is 35.5. The molecule has 0 heterocycles. The fourth-order valence-corrected chi connectivity index (χ4v) is 2.30. The van der Waals surface area contributed by atoms with E-state index in [-0.39, 0.29) is 0 Å². The predicted molar refractivity (Wildman–Crippen MR) is 89.2 cm³/mol. The fraction of sp³-hybridized carbons (Fsp3) is 0.250. The number of nitrogens with one attached hydrogen (secondary N) is 1. The van der Waals surface area contributed by atoms with Crippen molar-refractivity contribution in [1.29, 1.82) is 0 Å². The first-order valence-electron chi connectivity index (χ1n) is 6.70. The molecular formula is C16H18Cl2N2. The van der Waals surface area contributed by atoms with E-state index in [1.54, 1.807) is 12.1 Å². The van der Waals surface area contributed by atoms with Crippen molar-refractivity contribution in [2.45, 2.75) is 26.2 Å². The maximum atomic E-state index is 6.01. The lowest BCUT2D eigenvalue weighted by atomic mass is 10.1. The Balaban J connectivity index is 2.12. The second kappa shape index (κ2) is 6.87. The number of rotatable bonds is 5. The number of benzene rings is 2. The van der Waals surface area contributed by atoms with Gasteiger partial charge in [-0.15, -0.1) is 0 Å². The maximum Gasteiger partial charge on any atom is 0.0633 e. The van der Waals surface area contributed by atoms with Gasteiger partial charge in [0, 0.05) is 5.69 Å². The third-order valence-electron chi connectivity index (χ3n) is 3.14. The summed E-state index contributed by atoms with van der Waals surface area (Å²) in [5.74, 6) is 0. The van der Waals surface area contributed by atoms with Crippen molar-refractivity contribution in [1.82, 2.24) is 0 Å². The predicted octanol–water partition coefficient (Wildman–Crippen LogP) is 5.66. The molecule has 2 rings (SSSR count). The highest BCUT2D eigenvalue weighted by Gasteiger charge is 2.05. The Hall–Kier alpha value is -1.38. The molecule has 2 aromatic rings. The normalized spacial score (nSPS) is 10.6. The Labute approximate surface area is 129 Å². The van der Waals surface area contributed by atoms with Gasteiger partial charge in [-0.2, -0.15) is 0 Å². The van der Waals surface area contributed by atoms with E-state index < -0.39 is 0 Å². The third kappa shape index (κ3) is 3.81. The molecule has 0 radical (unpaired) electrons. The number of aryl methyl sites for hydroxylation is 1. The summed E-state index contributed by atoms with van der Waals surface area (Å²) >= 11 is 11.9. The lowest BCUT2D eigenvalue weighted by molar-refractivity contribution is 0.795. The molecule has 0 saturated heterocycles. The van der Waals surface area contributed by atoms with Gasteiger partial charge in [0.1, 0.15) is 0 Å². The molecule has 0 spiro atoms. The number of anilines is 3. The van der Waals surface area contributed by atoms with Crippen LogP contribution in [0.3, 0.4) is 0 Å². The minimum absolute atomic E-state index is 0.463. The molecule has 0 aromatic heterocycles. The zero-order valence-corrected chi connectivity index (χ0v) is 12.9. The summed E-state index contributed by atoms with van der Waals surface area (Å²) in [6.45, 7) is 2.20. The molecule has 4 heteroatoms. The van der Waals surface area contributed by atoms with Crippen LogP contribution in [-0.2, 0) is 6.42 Å². The molecule has 3 N–H and O–H groups in total. The van der Waals surface area contributed by atoms with Crippen LogP contribution in [0.2, 0.25) is 10.0 Å². The zero-order chi connectivity index (χ0) is 14.5. The first-order chi connectivity index (χ1) is 9.60. The first kappa shape index (κ1) is 15.0. The van der Waals surface area contributed by atoms with Crippen molar-refractivity contribution in [2.24, 2.45) is 0 Å². The topological polar surface area (TPSA) is 38.0 Å². The number of unbranched alkanes of at least 4 members (excludes halogenated alkanes) is 1. The first-order valence-corrected chi connectivity index (χ1v) is 7.46. The average molecular weight is 309 g/mol. The fourth-order valence-electron chi connectivity index (χ4n) is 1.96. The van der Waals surface area contributed by atoms with Crippen LogP contribution < -0.4 is 11.1 Å². The Bertz CT molecular complexity index is 580. The largest absolute Gasteiger partial charge is 0.397 e. The Morgan fingerprint density at radius 3 is 2.35 bits per heavy atom. The third-order valence-corrected chi connectivity index (χ3v) is 3.87. The number of hydrogen-bond acceptors (Lipinski definition) is 2. The van der Waals surface area contributed by atoms with Gasteiger partial charge in [-0.05, 0) is 42.7 Å². The summed E-state index contributed by atoms with van der Waals surface area (Å²) in [5, 5.41) is 4.21. The lowest BCUT2D eigenvalue weighted by Crippen LogP contribution is -1.97. The van der Waals surface area contributed by atoms with Gasteiger partial charge in [0.05, 0.1) is 21.4 Å². The summed E-state index contributed by atoms with van der Waals surface area (Å²) in [6, 6.07) is 11.8. The van der Waals surface area contributed by atoms with E-state index in [4.69, 9.17) is 28.9 Å². The SMILES string of the molecule is CCCCc1ccc(Nc2cc(Cl)c(Cl)cc2N)cc1. The van der Waals surface area contributed by atoms with Crippen molar-refractivity contribution in [3.05, 3.63) is 52.0 Å². The second-order valence-electron chi connectivity index (χ2n) is 4.78. The number of nitrogen functional groups attached to an aromatic ring is 1. The molecule has 0 bridgehead atoms. The Kier molecular flexibility index (Phi) is 5.16. The zero-order valence-electron chi connectivity index (χ0n) is 11.4. The number of hydrogen-bond donors (Lipinski definition) is 2.